The number of rotatable bonds is 6. The maximum Gasteiger partial charge on any atom is 0.420 e. The van der Waals surface area contributed by atoms with E-state index in [0.29, 0.717) is 6.04 Å². The Morgan fingerprint density at radius 1 is 1.32 bits per heavy atom. The summed E-state index contributed by atoms with van der Waals surface area (Å²) in [5, 5.41) is 0.00315. The number of fused-ring (bicyclic) bond motifs is 2. The summed E-state index contributed by atoms with van der Waals surface area (Å²) in [5.41, 5.74) is 3.58. The molecule has 0 fully saturated rings. The molecule has 34 heavy (non-hydrogen) atoms. The van der Waals surface area contributed by atoms with Gasteiger partial charge in [0.05, 0.1) is 12.1 Å². The van der Waals surface area contributed by atoms with Crippen LogP contribution in [0.2, 0.25) is 0 Å². The van der Waals surface area contributed by atoms with Crippen LogP contribution in [-0.2, 0) is 29.4 Å². The molecule has 1 N–H and O–H groups in total. The number of aromatic nitrogens is 3. The highest BCUT2D eigenvalue weighted by Crippen LogP contribution is 2.29. The molecule has 0 bridgehead atoms. The highest BCUT2D eigenvalue weighted by Gasteiger charge is 2.26. The van der Waals surface area contributed by atoms with Crippen LogP contribution in [0.15, 0.2) is 50.8 Å². The van der Waals surface area contributed by atoms with Crippen molar-refractivity contribution in [3.8, 4) is 0 Å². The Morgan fingerprint density at radius 2 is 2.15 bits per heavy atom. The number of aryl methyl sites for hydroxylation is 1. The number of nitrogens with one attached hydrogen (secondary N) is 1. The molecule has 4 aromatic rings. The van der Waals surface area contributed by atoms with Crippen LogP contribution in [0, 0.1) is 5.82 Å². The van der Waals surface area contributed by atoms with Gasteiger partial charge in [0.25, 0.3) is 10.0 Å². The zero-order valence-electron chi connectivity index (χ0n) is 18.5. The SMILES string of the molecule is CN(C)C1CCc2cccc(Cn3c(=O)oc4cc(S(=O)(=O)Nc5ncns5)c(F)cc43)c2C1. The molecule has 5 rings (SSSR count). The number of halogens is 1. The van der Waals surface area contributed by atoms with Crippen molar-refractivity contribution in [1.82, 2.24) is 18.8 Å². The van der Waals surface area contributed by atoms with E-state index in [2.05, 4.69) is 39.1 Å². The molecule has 2 aromatic heterocycles. The van der Waals surface area contributed by atoms with Gasteiger partial charge < -0.3 is 9.32 Å². The van der Waals surface area contributed by atoms with Crippen LogP contribution in [0.1, 0.15) is 23.1 Å². The normalized spacial score (nSPS) is 16.2. The van der Waals surface area contributed by atoms with E-state index in [4.69, 9.17) is 4.42 Å². The second kappa shape index (κ2) is 8.60. The van der Waals surface area contributed by atoms with Crippen LogP contribution < -0.4 is 10.5 Å². The Hall–Kier alpha value is -3.09. The molecule has 0 saturated carbocycles. The van der Waals surface area contributed by atoms with Gasteiger partial charge in [-0.25, -0.2) is 22.6 Å². The standard InChI is InChI=1S/C22H22FN5O4S2/c1-27(2)15-7-6-13-4-3-5-14(16(13)8-15)11-28-18-9-17(23)20(10-19(18)32-22(28)29)34(30,31)26-21-24-12-25-33-21/h3-5,9-10,12,15H,6-8,11H2,1-2H3,(H,24,25,26). The zero-order chi connectivity index (χ0) is 24.0. The lowest BCUT2D eigenvalue weighted by Gasteiger charge is -2.31. The summed E-state index contributed by atoms with van der Waals surface area (Å²) in [6, 6.07) is 8.46. The van der Waals surface area contributed by atoms with Crippen molar-refractivity contribution in [3.05, 3.63) is 69.7 Å². The number of nitrogens with zero attached hydrogens (tertiary/aromatic N) is 4. The lowest BCUT2D eigenvalue weighted by Crippen LogP contribution is -2.34. The van der Waals surface area contributed by atoms with E-state index in [1.807, 2.05) is 12.1 Å². The molecule has 0 saturated heterocycles. The van der Waals surface area contributed by atoms with E-state index in [0.717, 1.165) is 48.5 Å². The van der Waals surface area contributed by atoms with Gasteiger partial charge in [-0.1, -0.05) is 18.2 Å². The molecule has 1 atom stereocenters. The maximum absolute atomic E-state index is 15.0. The highest BCUT2D eigenvalue weighted by molar-refractivity contribution is 7.93. The Morgan fingerprint density at radius 3 is 2.88 bits per heavy atom. The fourth-order valence-electron chi connectivity index (χ4n) is 4.41. The van der Waals surface area contributed by atoms with Crippen LogP contribution in [0.5, 0.6) is 0 Å². The summed E-state index contributed by atoms with van der Waals surface area (Å²) in [5.74, 6) is -1.68. The number of anilines is 1. The lowest BCUT2D eigenvalue weighted by atomic mass is 9.85. The van der Waals surface area contributed by atoms with Gasteiger partial charge in [-0.2, -0.15) is 4.37 Å². The summed E-state index contributed by atoms with van der Waals surface area (Å²) < 4.78 is 52.8. The first-order chi connectivity index (χ1) is 16.2. The first-order valence-electron chi connectivity index (χ1n) is 10.6. The van der Waals surface area contributed by atoms with E-state index < -0.39 is 26.5 Å². The number of sulfonamides is 1. The Kier molecular flexibility index (Phi) is 5.74. The monoisotopic (exact) mass is 503 g/mol. The predicted octanol–water partition coefficient (Wildman–Crippen LogP) is 2.85. The van der Waals surface area contributed by atoms with Gasteiger partial charge in [-0.15, -0.1) is 0 Å². The smallest absolute Gasteiger partial charge is 0.408 e. The Bertz CT molecular complexity index is 1530. The third-order valence-corrected chi connectivity index (χ3v) is 8.27. The predicted molar refractivity (Wildman–Crippen MR) is 126 cm³/mol. The first-order valence-corrected chi connectivity index (χ1v) is 12.9. The van der Waals surface area contributed by atoms with Crippen LogP contribution in [0.4, 0.5) is 9.52 Å². The van der Waals surface area contributed by atoms with Gasteiger partial charge in [0.2, 0.25) is 5.13 Å². The average molecular weight is 504 g/mol. The van der Waals surface area contributed by atoms with E-state index >= 15 is 0 Å². The molecule has 178 valence electrons. The van der Waals surface area contributed by atoms with Crippen molar-refractivity contribution in [2.45, 2.75) is 36.7 Å². The lowest BCUT2D eigenvalue weighted by molar-refractivity contribution is 0.267. The molecular weight excluding hydrogens is 481 g/mol. The topological polar surface area (TPSA) is 110 Å². The molecule has 9 nitrogen and oxygen atoms in total. The van der Waals surface area contributed by atoms with E-state index in [9.17, 15) is 17.6 Å². The first kappa shape index (κ1) is 22.7. The molecule has 1 aliphatic carbocycles. The van der Waals surface area contributed by atoms with Crippen LogP contribution in [0.25, 0.3) is 11.1 Å². The number of benzene rings is 2. The van der Waals surface area contributed by atoms with Crippen LogP contribution in [0.3, 0.4) is 0 Å². The molecule has 2 aromatic carbocycles. The quantitative estimate of drug-likeness (QED) is 0.431. The number of oxazole rings is 1. The fourth-order valence-corrected chi connectivity index (χ4v) is 6.15. The number of likely N-dealkylation sites (N-methyl/N-ethyl adjacent to an activating group) is 1. The average Bonchev–Trinajstić information content (AvgIpc) is 3.40. The van der Waals surface area contributed by atoms with Crippen molar-refractivity contribution in [1.29, 1.82) is 0 Å². The molecule has 1 aliphatic rings. The minimum Gasteiger partial charge on any atom is -0.408 e. The third-order valence-electron chi connectivity index (χ3n) is 6.21. The van der Waals surface area contributed by atoms with Gasteiger partial charge in [0.15, 0.2) is 5.58 Å². The minimum absolute atomic E-state index is 0.00315. The largest absolute Gasteiger partial charge is 0.420 e. The number of hydrogen-bond acceptors (Lipinski definition) is 8. The minimum atomic E-state index is -4.29. The molecule has 2 heterocycles. The van der Waals surface area contributed by atoms with Gasteiger partial charge in [0, 0.05) is 29.7 Å². The molecule has 0 radical (unpaired) electrons. The van der Waals surface area contributed by atoms with Crippen molar-refractivity contribution in [2.75, 3.05) is 18.8 Å². The van der Waals surface area contributed by atoms with Gasteiger partial charge in [0.1, 0.15) is 17.0 Å². The molecule has 12 heteroatoms. The maximum atomic E-state index is 15.0. The van der Waals surface area contributed by atoms with Crippen molar-refractivity contribution in [3.63, 3.8) is 0 Å². The molecule has 0 aliphatic heterocycles. The van der Waals surface area contributed by atoms with Crippen LogP contribution >= 0.6 is 11.5 Å². The Labute approximate surface area is 199 Å². The van der Waals surface area contributed by atoms with Crippen LogP contribution in [-0.4, -0.2) is 47.4 Å². The summed E-state index contributed by atoms with van der Waals surface area (Å²) in [4.78, 5) is 18.0. The summed E-state index contributed by atoms with van der Waals surface area (Å²) in [7, 11) is -0.175. The molecular formula is C22H22FN5O4S2. The molecule has 0 spiro atoms. The van der Waals surface area contributed by atoms with Crippen molar-refractivity contribution >= 4 is 37.8 Å². The summed E-state index contributed by atoms with van der Waals surface area (Å²) in [6.07, 6.45) is 4.05. The Balaban J connectivity index is 1.53. The van der Waals surface area contributed by atoms with Crippen molar-refractivity contribution < 1.29 is 17.2 Å². The zero-order valence-corrected chi connectivity index (χ0v) is 20.1. The second-order valence-corrected chi connectivity index (χ2v) is 10.9. The highest BCUT2D eigenvalue weighted by atomic mass is 32.2. The summed E-state index contributed by atoms with van der Waals surface area (Å²) >= 11 is 0.820. The van der Waals surface area contributed by atoms with Crippen molar-refractivity contribution in [2.24, 2.45) is 0 Å². The number of hydrogen-bond donors (Lipinski definition) is 1. The second-order valence-electron chi connectivity index (χ2n) is 8.47. The summed E-state index contributed by atoms with van der Waals surface area (Å²) in [6.45, 7) is 0.198. The van der Waals surface area contributed by atoms with E-state index in [1.54, 1.807) is 0 Å². The van der Waals surface area contributed by atoms with E-state index in [1.165, 1.54) is 22.0 Å². The van der Waals surface area contributed by atoms with Gasteiger partial charge in [-0.3, -0.25) is 9.29 Å². The van der Waals surface area contributed by atoms with E-state index in [-0.39, 0.29) is 22.8 Å². The molecule has 1 unspecified atom stereocenters. The molecule has 0 amide bonds. The van der Waals surface area contributed by atoms with Gasteiger partial charge in [-0.05, 0) is 50.0 Å². The van der Waals surface area contributed by atoms with Gasteiger partial charge >= 0.3 is 5.76 Å². The third kappa shape index (κ3) is 4.12. The fraction of sp³-hybridized carbons (Fsp3) is 0.318.